The molecule has 164 valence electrons. The zero-order valence-electron chi connectivity index (χ0n) is 17.1. The van der Waals surface area contributed by atoms with Gasteiger partial charge in [-0.3, -0.25) is 4.79 Å². The van der Waals surface area contributed by atoms with E-state index in [1.807, 2.05) is 6.92 Å². The number of hydrogen-bond donors (Lipinski definition) is 1. The van der Waals surface area contributed by atoms with Crippen LogP contribution in [0.5, 0.6) is 0 Å². The average molecular weight is 462 g/mol. The molecule has 1 aromatic heterocycles. The van der Waals surface area contributed by atoms with E-state index in [2.05, 4.69) is 10.2 Å². The van der Waals surface area contributed by atoms with E-state index >= 15 is 0 Å². The highest BCUT2D eigenvalue weighted by Crippen LogP contribution is 2.32. The van der Waals surface area contributed by atoms with Crippen LogP contribution in [0.25, 0.3) is 0 Å². The lowest BCUT2D eigenvalue weighted by Gasteiger charge is -2.33. The van der Waals surface area contributed by atoms with Crippen molar-refractivity contribution in [2.24, 2.45) is 11.8 Å². The number of halogens is 1. The zero-order valence-corrected chi connectivity index (χ0v) is 19.5. The summed E-state index contributed by atoms with van der Waals surface area (Å²) in [5.41, 5.74) is 0. The van der Waals surface area contributed by atoms with Crippen molar-refractivity contribution >= 4 is 38.9 Å². The van der Waals surface area contributed by atoms with Gasteiger partial charge in [-0.25, -0.2) is 8.42 Å². The molecule has 1 N–H and O–H groups in total. The molecule has 0 spiro atoms. The number of amides is 1. The van der Waals surface area contributed by atoms with Crippen molar-refractivity contribution in [2.75, 3.05) is 39.3 Å². The number of rotatable bonds is 7. The molecule has 6 nitrogen and oxygen atoms in total. The van der Waals surface area contributed by atoms with Crippen LogP contribution in [0.2, 0.25) is 4.34 Å². The summed E-state index contributed by atoms with van der Waals surface area (Å²) in [6, 6.07) is 3.18. The quantitative estimate of drug-likeness (QED) is 0.675. The molecular weight excluding hydrogens is 430 g/mol. The Labute approximate surface area is 183 Å². The smallest absolute Gasteiger partial charge is 0.252 e. The van der Waals surface area contributed by atoms with Crippen molar-refractivity contribution in [2.45, 2.75) is 49.7 Å². The van der Waals surface area contributed by atoms with Gasteiger partial charge >= 0.3 is 0 Å². The molecule has 3 heterocycles. The summed E-state index contributed by atoms with van der Waals surface area (Å²) in [5, 5.41) is 3.09. The fraction of sp³-hybridized carbons (Fsp3) is 0.750. The summed E-state index contributed by atoms with van der Waals surface area (Å²) < 4.78 is 27.7. The first-order chi connectivity index (χ1) is 13.9. The summed E-state index contributed by atoms with van der Waals surface area (Å²) >= 11 is 6.98. The van der Waals surface area contributed by atoms with Crippen LogP contribution in [0, 0.1) is 11.8 Å². The van der Waals surface area contributed by atoms with Crippen molar-refractivity contribution in [1.29, 1.82) is 0 Å². The number of hydrogen-bond acceptors (Lipinski definition) is 5. The maximum Gasteiger partial charge on any atom is 0.252 e. The zero-order chi connectivity index (χ0) is 20.9. The van der Waals surface area contributed by atoms with E-state index in [4.69, 9.17) is 11.6 Å². The van der Waals surface area contributed by atoms with Crippen molar-refractivity contribution in [3.05, 3.63) is 16.5 Å². The van der Waals surface area contributed by atoms with E-state index in [0.717, 1.165) is 31.0 Å². The van der Waals surface area contributed by atoms with Gasteiger partial charge in [0.15, 0.2) is 0 Å². The second kappa shape index (κ2) is 10.6. The summed E-state index contributed by atoms with van der Waals surface area (Å²) in [6.45, 7) is 6.74. The van der Waals surface area contributed by atoms with Gasteiger partial charge < -0.3 is 10.2 Å². The number of thiophene rings is 1. The van der Waals surface area contributed by atoms with Gasteiger partial charge in [0.2, 0.25) is 5.91 Å². The molecular formula is C20H32ClN3O3S2. The van der Waals surface area contributed by atoms with Crippen LogP contribution in [0.4, 0.5) is 0 Å². The molecule has 2 aliphatic rings. The molecule has 0 radical (unpaired) electrons. The highest BCUT2D eigenvalue weighted by atomic mass is 35.5. The molecule has 2 saturated heterocycles. The normalized spacial score (nSPS) is 21.6. The summed E-state index contributed by atoms with van der Waals surface area (Å²) in [5.74, 6) is 0.206. The van der Waals surface area contributed by atoms with Crippen molar-refractivity contribution in [3.63, 3.8) is 0 Å². The third-order valence-electron chi connectivity index (χ3n) is 6.19. The molecule has 1 amide bonds. The molecule has 2 fully saturated rings. The summed E-state index contributed by atoms with van der Waals surface area (Å²) in [6.07, 6.45) is 6.55. The first-order valence-corrected chi connectivity index (χ1v) is 13.3. The third kappa shape index (κ3) is 6.17. The maximum absolute atomic E-state index is 12.7. The molecule has 9 heteroatoms. The highest BCUT2D eigenvalue weighted by molar-refractivity contribution is 7.91. The molecule has 29 heavy (non-hydrogen) atoms. The van der Waals surface area contributed by atoms with Gasteiger partial charge in [-0.05, 0) is 56.8 Å². The van der Waals surface area contributed by atoms with Gasteiger partial charge in [0.05, 0.1) is 4.34 Å². The summed E-state index contributed by atoms with van der Waals surface area (Å²) in [4.78, 5) is 15.0. The van der Waals surface area contributed by atoms with Gasteiger partial charge in [0.1, 0.15) is 4.21 Å². The van der Waals surface area contributed by atoms with Gasteiger partial charge in [0, 0.05) is 32.1 Å². The molecule has 0 aliphatic carbocycles. The van der Waals surface area contributed by atoms with E-state index in [9.17, 15) is 13.2 Å². The monoisotopic (exact) mass is 461 g/mol. The van der Waals surface area contributed by atoms with Crippen LogP contribution in [0.15, 0.2) is 16.3 Å². The van der Waals surface area contributed by atoms with E-state index in [0.29, 0.717) is 41.0 Å². The van der Waals surface area contributed by atoms with E-state index in [1.165, 1.54) is 30.0 Å². The first-order valence-electron chi connectivity index (χ1n) is 10.6. The van der Waals surface area contributed by atoms with Gasteiger partial charge in [0.25, 0.3) is 10.0 Å². The second-order valence-corrected chi connectivity index (χ2v) is 12.0. The molecule has 1 aromatic rings. The van der Waals surface area contributed by atoms with E-state index < -0.39 is 10.0 Å². The number of sulfonamides is 1. The third-order valence-corrected chi connectivity index (χ3v) is 9.79. The lowest BCUT2D eigenvalue weighted by Crippen LogP contribution is -2.43. The molecule has 1 atom stereocenters. The Bertz CT molecular complexity index is 768. The first kappa shape index (κ1) is 23.0. The Hall–Kier alpha value is -0.670. The maximum atomic E-state index is 12.7. The standard InChI is InChI=1S/C20H32ClN3O3S2/c1-16(20(25)22-10-15-23-11-4-2-3-5-12-23)17-8-13-24(14-9-17)29(26,27)19-7-6-18(21)28-19/h6-7,16-17H,2-5,8-15H2,1H3,(H,22,25). The van der Waals surface area contributed by atoms with Crippen molar-refractivity contribution in [1.82, 2.24) is 14.5 Å². The minimum Gasteiger partial charge on any atom is -0.355 e. The molecule has 0 aromatic carbocycles. The Balaban J connectivity index is 1.43. The molecule has 1 unspecified atom stereocenters. The van der Waals surface area contributed by atoms with Crippen molar-refractivity contribution < 1.29 is 13.2 Å². The second-order valence-electron chi connectivity index (χ2n) is 8.14. The van der Waals surface area contributed by atoms with Crippen LogP contribution in [0.1, 0.15) is 45.4 Å². The fourth-order valence-corrected chi connectivity index (χ4v) is 7.36. The lowest BCUT2D eigenvalue weighted by molar-refractivity contribution is -0.126. The Morgan fingerprint density at radius 2 is 1.83 bits per heavy atom. The van der Waals surface area contributed by atoms with Crippen LogP contribution in [-0.4, -0.2) is 62.8 Å². The molecule has 0 saturated carbocycles. The van der Waals surface area contributed by atoms with Gasteiger partial charge in [-0.1, -0.05) is 31.4 Å². The predicted octanol–water partition coefficient (Wildman–Crippen LogP) is 3.43. The Morgan fingerprint density at radius 3 is 2.41 bits per heavy atom. The Morgan fingerprint density at radius 1 is 1.17 bits per heavy atom. The van der Waals surface area contributed by atoms with Crippen LogP contribution in [0.3, 0.4) is 0 Å². The lowest BCUT2D eigenvalue weighted by atomic mass is 9.85. The number of carbonyl (C=O) groups excluding carboxylic acids is 1. The van der Waals surface area contributed by atoms with Crippen LogP contribution in [-0.2, 0) is 14.8 Å². The summed E-state index contributed by atoms with van der Waals surface area (Å²) in [7, 11) is -3.48. The topological polar surface area (TPSA) is 69.7 Å². The molecule has 0 bridgehead atoms. The number of piperidine rings is 1. The van der Waals surface area contributed by atoms with Crippen LogP contribution >= 0.6 is 22.9 Å². The molecule has 3 rings (SSSR count). The minimum absolute atomic E-state index is 0.0890. The number of carbonyl (C=O) groups is 1. The van der Waals surface area contributed by atoms with Gasteiger partial charge in [-0.2, -0.15) is 4.31 Å². The predicted molar refractivity (Wildman–Crippen MR) is 118 cm³/mol. The number of nitrogens with one attached hydrogen (secondary N) is 1. The van der Waals surface area contributed by atoms with E-state index in [-0.39, 0.29) is 17.7 Å². The van der Waals surface area contributed by atoms with Gasteiger partial charge in [-0.15, -0.1) is 11.3 Å². The largest absolute Gasteiger partial charge is 0.355 e. The highest BCUT2D eigenvalue weighted by Gasteiger charge is 2.34. The Kier molecular flexibility index (Phi) is 8.39. The SMILES string of the molecule is CC(C(=O)NCCN1CCCCCC1)C1CCN(S(=O)(=O)c2ccc(Cl)s2)CC1. The van der Waals surface area contributed by atoms with Crippen LogP contribution < -0.4 is 5.32 Å². The van der Waals surface area contributed by atoms with E-state index in [1.54, 1.807) is 12.1 Å². The minimum atomic E-state index is -3.48. The number of nitrogens with zero attached hydrogens (tertiary/aromatic N) is 2. The average Bonchev–Trinajstić information content (AvgIpc) is 3.00. The fourth-order valence-electron chi connectivity index (χ4n) is 4.25. The van der Waals surface area contributed by atoms with Crippen molar-refractivity contribution in [3.8, 4) is 0 Å². The molecule has 2 aliphatic heterocycles. The number of likely N-dealkylation sites (tertiary alicyclic amines) is 1.